The molecular formula is C28H25ClO8. The second-order valence-electron chi connectivity index (χ2n) is 8.81. The summed E-state index contributed by atoms with van der Waals surface area (Å²) in [6.07, 6.45) is 1.38. The second kappa shape index (κ2) is 9.44. The molecule has 0 aliphatic carbocycles. The van der Waals surface area contributed by atoms with E-state index in [0.717, 1.165) is 5.56 Å². The predicted octanol–water partition coefficient (Wildman–Crippen LogP) is 6.23. The summed E-state index contributed by atoms with van der Waals surface area (Å²) in [5.74, 6) is 1.39. The lowest BCUT2D eigenvalue weighted by molar-refractivity contribution is -0.0447. The van der Waals surface area contributed by atoms with Gasteiger partial charge in [-0.3, -0.25) is 4.79 Å². The second-order valence-corrected chi connectivity index (χ2v) is 9.25. The van der Waals surface area contributed by atoms with Crippen LogP contribution in [0, 0.1) is 0 Å². The zero-order chi connectivity index (χ0) is 26.3. The molecule has 0 amide bonds. The van der Waals surface area contributed by atoms with Gasteiger partial charge >= 0.3 is 0 Å². The molecule has 4 aromatic rings. The first-order valence-electron chi connectivity index (χ1n) is 11.4. The molecule has 1 aromatic heterocycles. The van der Waals surface area contributed by atoms with Crippen LogP contribution in [0.4, 0.5) is 0 Å². The Labute approximate surface area is 218 Å². The van der Waals surface area contributed by atoms with Crippen LogP contribution in [0.2, 0.25) is 5.02 Å². The van der Waals surface area contributed by atoms with Gasteiger partial charge in [-0.05, 0) is 29.8 Å². The number of hydrogen-bond acceptors (Lipinski definition) is 8. The molecule has 0 saturated carbocycles. The van der Waals surface area contributed by atoms with Crippen LogP contribution in [0.1, 0.15) is 19.4 Å². The normalized spacial score (nSPS) is 13.5. The molecular weight excluding hydrogens is 500 g/mol. The molecule has 0 fully saturated rings. The first kappa shape index (κ1) is 24.6. The lowest BCUT2D eigenvalue weighted by atomic mass is 10.0. The molecule has 0 radical (unpaired) electrons. The van der Waals surface area contributed by atoms with Gasteiger partial charge in [-0.1, -0.05) is 23.7 Å². The summed E-state index contributed by atoms with van der Waals surface area (Å²) in [4.78, 5) is 13.7. The molecule has 192 valence electrons. The van der Waals surface area contributed by atoms with Gasteiger partial charge in [0.15, 0.2) is 23.0 Å². The van der Waals surface area contributed by atoms with E-state index in [1.807, 2.05) is 12.1 Å². The quantitative estimate of drug-likeness (QED) is 0.281. The molecule has 3 aromatic carbocycles. The van der Waals surface area contributed by atoms with Crippen molar-refractivity contribution in [3.63, 3.8) is 0 Å². The molecule has 1 aliphatic rings. The average Bonchev–Trinajstić information content (AvgIpc) is 3.22. The van der Waals surface area contributed by atoms with E-state index in [2.05, 4.69) is 0 Å². The fraction of sp³-hybridized carbons (Fsp3) is 0.250. The molecule has 9 heteroatoms. The van der Waals surface area contributed by atoms with Crippen molar-refractivity contribution < 1.29 is 32.8 Å². The molecule has 8 nitrogen and oxygen atoms in total. The van der Waals surface area contributed by atoms with Crippen molar-refractivity contribution >= 4 is 22.6 Å². The third-order valence-corrected chi connectivity index (χ3v) is 6.18. The Kier molecular flexibility index (Phi) is 6.29. The van der Waals surface area contributed by atoms with Gasteiger partial charge < -0.3 is 32.8 Å². The first-order valence-corrected chi connectivity index (χ1v) is 11.8. The monoisotopic (exact) mass is 524 g/mol. The minimum absolute atomic E-state index is 0.257. The highest BCUT2D eigenvalue weighted by Gasteiger charge is 2.39. The predicted molar refractivity (Wildman–Crippen MR) is 139 cm³/mol. The van der Waals surface area contributed by atoms with Gasteiger partial charge in [0.2, 0.25) is 22.7 Å². The van der Waals surface area contributed by atoms with Crippen molar-refractivity contribution in [2.24, 2.45) is 0 Å². The molecule has 1 aliphatic heterocycles. The highest BCUT2D eigenvalue weighted by molar-refractivity contribution is 6.30. The van der Waals surface area contributed by atoms with E-state index in [0.29, 0.717) is 56.1 Å². The third kappa shape index (κ3) is 4.49. The Morgan fingerprint density at radius 1 is 0.838 bits per heavy atom. The molecule has 0 saturated heterocycles. The Morgan fingerprint density at radius 2 is 1.54 bits per heavy atom. The van der Waals surface area contributed by atoms with Crippen molar-refractivity contribution in [3.8, 4) is 45.6 Å². The fourth-order valence-electron chi connectivity index (χ4n) is 4.19. The van der Waals surface area contributed by atoms with Crippen LogP contribution in [-0.4, -0.2) is 27.1 Å². The number of rotatable bonds is 7. The Morgan fingerprint density at radius 3 is 2.22 bits per heavy atom. The summed E-state index contributed by atoms with van der Waals surface area (Å²) in [5.41, 5.74) is 1.66. The van der Waals surface area contributed by atoms with Crippen LogP contribution in [-0.2, 0) is 6.61 Å². The average molecular weight is 525 g/mol. The van der Waals surface area contributed by atoms with Crippen molar-refractivity contribution in [1.82, 2.24) is 0 Å². The van der Waals surface area contributed by atoms with E-state index < -0.39 is 5.79 Å². The third-order valence-electron chi connectivity index (χ3n) is 5.93. The van der Waals surface area contributed by atoms with Crippen LogP contribution < -0.4 is 33.8 Å². The van der Waals surface area contributed by atoms with Crippen molar-refractivity contribution in [1.29, 1.82) is 0 Å². The van der Waals surface area contributed by atoms with E-state index in [4.69, 9.17) is 44.4 Å². The maximum absolute atomic E-state index is 13.7. The van der Waals surface area contributed by atoms with Gasteiger partial charge in [0.25, 0.3) is 0 Å². The van der Waals surface area contributed by atoms with Gasteiger partial charge in [0.1, 0.15) is 18.5 Å². The number of hydrogen-bond donors (Lipinski definition) is 0. The number of methoxy groups -OCH3 is 3. The molecule has 0 unspecified atom stereocenters. The van der Waals surface area contributed by atoms with Gasteiger partial charge in [-0.2, -0.15) is 0 Å². The maximum atomic E-state index is 13.7. The van der Waals surface area contributed by atoms with Gasteiger partial charge in [-0.25, -0.2) is 0 Å². The summed E-state index contributed by atoms with van der Waals surface area (Å²) in [6.45, 7) is 3.80. The fourth-order valence-corrected chi connectivity index (χ4v) is 4.32. The largest absolute Gasteiger partial charge is 0.493 e. The molecule has 0 N–H and O–H groups in total. The summed E-state index contributed by atoms with van der Waals surface area (Å²) >= 11 is 5.97. The SMILES string of the molecule is COc1cc2occ(-c3cc(OC)c4c(c3OC)OC(C)(C)O4)c(=O)c2cc1OCc1ccc(Cl)cc1. The molecule has 0 bridgehead atoms. The van der Waals surface area contributed by atoms with Crippen molar-refractivity contribution in [3.05, 3.63) is 69.5 Å². The van der Waals surface area contributed by atoms with E-state index in [-0.39, 0.29) is 17.6 Å². The summed E-state index contributed by atoms with van der Waals surface area (Å²) < 4.78 is 40.4. The molecule has 5 rings (SSSR count). The summed E-state index contributed by atoms with van der Waals surface area (Å²) in [5, 5.41) is 0.944. The van der Waals surface area contributed by atoms with Gasteiger partial charge in [-0.15, -0.1) is 0 Å². The van der Waals surface area contributed by atoms with E-state index in [1.165, 1.54) is 27.6 Å². The van der Waals surface area contributed by atoms with Crippen molar-refractivity contribution in [2.45, 2.75) is 26.2 Å². The standard InChI is InChI=1S/C28H25ClO8/c1-28(2)36-26-23(32-4)10-17(25(33-5)27(26)37-28)19-14-35-20-12-21(31-3)22(11-18(20)24(19)30)34-13-15-6-8-16(29)9-7-15/h6-12,14H,13H2,1-5H3. The number of benzene rings is 3. The first-order chi connectivity index (χ1) is 17.7. The Balaban J connectivity index is 1.61. The van der Waals surface area contributed by atoms with Crippen LogP contribution in [0.3, 0.4) is 0 Å². The van der Waals surface area contributed by atoms with Crippen molar-refractivity contribution in [2.75, 3.05) is 21.3 Å². The van der Waals surface area contributed by atoms with E-state index in [9.17, 15) is 4.79 Å². The lowest BCUT2D eigenvalue weighted by Gasteiger charge is -2.16. The van der Waals surface area contributed by atoms with Crippen LogP contribution in [0.15, 0.2) is 57.9 Å². The Hall–Kier alpha value is -4.04. The summed E-state index contributed by atoms with van der Waals surface area (Å²) in [7, 11) is 4.53. The topological polar surface area (TPSA) is 85.6 Å². The zero-order valence-electron chi connectivity index (χ0n) is 21.0. The number of ether oxygens (including phenoxy) is 6. The number of fused-ring (bicyclic) bond motifs is 2. The smallest absolute Gasteiger partial charge is 0.246 e. The molecule has 0 spiro atoms. The highest BCUT2D eigenvalue weighted by atomic mass is 35.5. The zero-order valence-corrected chi connectivity index (χ0v) is 21.7. The van der Waals surface area contributed by atoms with Crippen LogP contribution in [0.5, 0.6) is 34.5 Å². The molecule has 37 heavy (non-hydrogen) atoms. The maximum Gasteiger partial charge on any atom is 0.246 e. The van der Waals surface area contributed by atoms with Gasteiger partial charge in [0, 0.05) is 30.5 Å². The highest BCUT2D eigenvalue weighted by Crippen LogP contribution is 2.55. The van der Waals surface area contributed by atoms with Crippen LogP contribution in [0.25, 0.3) is 22.1 Å². The minimum atomic E-state index is -0.928. The Bertz CT molecular complexity index is 1540. The van der Waals surface area contributed by atoms with E-state index in [1.54, 1.807) is 44.2 Å². The summed E-state index contributed by atoms with van der Waals surface area (Å²) in [6, 6.07) is 12.2. The molecule has 0 atom stereocenters. The van der Waals surface area contributed by atoms with Gasteiger partial charge in [0.05, 0.1) is 32.3 Å². The minimum Gasteiger partial charge on any atom is -0.493 e. The van der Waals surface area contributed by atoms with Crippen LogP contribution >= 0.6 is 11.6 Å². The van der Waals surface area contributed by atoms with E-state index >= 15 is 0 Å². The lowest BCUT2D eigenvalue weighted by Crippen LogP contribution is -2.29. The number of halogens is 1. The molecule has 2 heterocycles.